The Morgan fingerprint density at radius 1 is 1.33 bits per heavy atom. The number of aromatic nitrogens is 1. The molecule has 2 aromatic heterocycles. The smallest absolute Gasteiger partial charge is 0.142 e. The van der Waals surface area contributed by atoms with E-state index in [1.54, 1.807) is 0 Å². The van der Waals surface area contributed by atoms with Crippen LogP contribution >= 0.6 is 0 Å². The number of rotatable bonds is 2. The van der Waals surface area contributed by atoms with Gasteiger partial charge in [0, 0.05) is 37.4 Å². The van der Waals surface area contributed by atoms with Crippen LogP contribution in [0.25, 0.3) is 11.3 Å². The first-order valence-electron chi connectivity index (χ1n) is 8.41. The number of nitrogens with zero attached hydrogens (tertiary/aromatic N) is 2. The van der Waals surface area contributed by atoms with Gasteiger partial charge in [0.15, 0.2) is 0 Å². The van der Waals surface area contributed by atoms with Gasteiger partial charge in [-0.3, -0.25) is 0 Å². The fourth-order valence-electron chi connectivity index (χ4n) is 3.52. The van der Waals surface area contributed by atoms with Crippen molar-refractivity contribution < 1.29 is 9.15 Å². The Hall–Kier alpha value is -2.36. The van der Waals surface area contributed by atoms with E-state index in [2.05, 4.69) is 16.4 Å². The Labute approximate surface area is 140 Å². The molecular weight excluding hydrogens is 304 g/mol. The fraction of sp³-hybridized carbons (Fsp3) is 0.444. The molecule has 4 rings (SSSR count). The van der Waals surface area contributed by atoms with E-state index < -0.39 is 0 Å². The Morgan fingerprint density at radius 3 is 3.04 bits per heavy atom. The van der Waals surface area contributed by atoms with E-state index in [1.165, 1.54) is 0 Å². The van der Waals surface area contributed by atoms with Gasteiger partial charge in [-0.1, -0.05) is 0 Å². The SMILES string of the molecule is N#Cc1c(N)nc2c(c1-c1ccc([C@@H]3CCCCO3)o1)CNCC2. The van der Waals surface area contributed by atoms with Gasteiger partial charge in [0.1, 0.15) is 35.1 Å². The molecule has 3 N–H and O–H groups in total. The third kappa shape index (κ3) is 2.56. The average Bonchev–Trinajstić information content (AvgIpc) is 3.11. The molecule has 2 aromatic rings. The number of furan rings is 1. The molecule has 124 valence electrons. The van der Waals surface area contributed by atoms with Gasteiger partial charge < -0.3 is 20.2 Å². The fourth-order valence-corrected chi connectivity index (χ4v) is 3.52. The first-order valence-corrected chi connectivity index (χ1v) is 8.41. The molecule has 24 heavy (non-hydrogen) atoms. The van der Waals surface area contributed by atoms with Gasteiger partial charge in [-0.15, -0.1) is 0 Å². The van der Waals surface area contributed by atoms with Crippen LogP contribution in [-0.2, 0) is 17.7 Å². The van der Waals surface area contributed by atoms with Crippen LogP contribution in [0.5, 0.6) is 0 Å². The van der Waals surface area contributed by atoms with E-state index in [9.17, 15) is 5.26 Å². The highest BCUT2D eigenvalue weighted by molar-refractivity contribution is 5.76. The van der Waals surface area contributed by atoms with Crippen molar-refractivity contribution in [1.29, 1.82) is 5.26 Å². The monoisotopic (exact) mass is 324 g/mol. The van der Waals surface area contributed by atoms with Gasteiger partial charge in [-0.2, -0.15) is 5.26 Å². The summed E-state index contributed by atoms with van der Waals surface area (Å²) in [7, 11) is 0. The van der Waals surface area contributed by atoms with Gasteiger partial charge in [0.2, 0.25) is 0 Å². The second-order valence-electron chi connectivity index (χ2n) is 6.27. The summed E-state index contributed by atoms with van der Waals surface area (Å²) in [6.45, 7) is 2.30. The number of ether oxygens (including phenoxy) is 1. The molecule has 1 saturated heterocycles. The maximum Gasteiger partial charge on any atom is 0.142 e. The summed E-state index contributed by atoms with van der Waals surface area (Å²) in [4.78, 5) is 4.42. The molecule has 6 heteroatoms. The minimum Gasteiger partial charge on any atom is -0.458 e. The highest BCUT2D eigenvalue weighted by atomic mass is 16.5. The van der Waals surface area contributed by atoms with E-state index in [0.717, 1.165) is 61.4 Å². The highest BCUT2D eigenvalue weighted by Gasteiger charge is 2.25. The van der Waals surface area contributed by atoms with Crippen molar-refractivity contribution in [3.8, 4) is 17.4 Å². The number of nitrogens with one attached hydrogen (secondary N) is 1. The summed E-state index contributed by atoms with van der Waals surface area (Å²) in [5.41, 5.74) is 9.15. The maximum atomic E-state index is 9.56. The molecule has 0 saturated carbocycles. The number of fused-ring (bicyclic) bond motifs is 1. The van der Waals surface area contributed by atoms with Crippen molar-refractivity contribution in [3.63, 3.8) is 0 Å². The normalized spacial score (nSPS) is 20.4. The van der Waals surface area contributed by atoms with Gasteiger partial charge in [-0.25, -0.2) is 4.98 Å². The Balaban J connectivity index is 1.80. The molecule has 0 amide bonds. The lowest BCUT2D eigenvalue weighted by atomic mass is 9.95. The molecule has 4 heterocycles. The summed E-state index contributed by atoms with van der Waals surface area (Å²) >= 11 is 0. The number of pyridine rings is 1. The van der Waals surface area contributed by atoms with Crippen LogP contribution in [0, 0.1) is 11.3 Å². The van der Waals surface area contributed by atoms with Crippen LogP contribution in [0.1, 0.15) is 47.9 Å². The molecular formula is C18H20N4O2. The third-order valence-electron chi connectivity index (χ3n) is 4.73. The lowest BCUT2D eigenvalue weighted by Gasteiger charge is -2.21. The maximum absolute atomic E-state index is 9.56. The van der Waals surface area contributed by atoms with Crippen molar-refractivity contribution in [2.24, 2.45) is 0 Å². The second kappa shape index (κ2) is 6.27. The van der Waals surface area contributed by atoms with Crippen molar-refractivity contribution >= 4 is 5.82 Å². The number of hydrogen-bond acceptors (Lipinski definition) is 6. The summed E-state index contributed by atoms with van der Waals surface area (Å²) in [5, 5.41) is 12.9. The zero-order valence-corrected chi connectivity index (χ0v) is 13.5. The third-order valence-corrected chi connectivity index (χ3v) is 4.73. The minimum absolute atomic E-state index is 0.00571. The topological polar surface area (TPSA) is 97.1 Å². The van der Waals surface area contributed by atoms with Crippen molar-refractivity contribution in [2.75, 3.05) is 18.9 Å². The van der Waals surface area contributed by atoms with Crippen LogP contribution in [-0.4, -0.2) is 18.1 Å². The highest BCUT2D eigenvalue weighted by Crippen LogP contribution is 2.37. The van der Waals surface area contributed by atoms with Crippen LogP contribution in [0.4, 0.5) is 5.82 Å². The first-order chi connectivity index (χ1) is 11.8. The molecule has 0 unspecified atom stereocenters. The van der Waals surface area contributed by atoms with Crippen molar-refractivity contribution in [3.05, 3.63) is 34.7 Å². The van der Waals surface area contributed by atoms with Gasteiger partial charge in [-0.05, 0) is 37.0 Å². The average molecular weight is 324 g/mol. The first kappa shape index (κ1) is 15.2. The predicted molar refractivity (Wildman–Crippen MR) is 89.0 cm³/mol. The zero-order valence-electron chi connectivity index (χ0n) is 13.5. The van der Waals surface area contributed by atoms with Crippen LogP contribution in [0.15, 0.2) is 16.5 Å². The Morgan fingerprint density at radius 2 is 2.25 bits per heavy atom. The van der Waals surface area contributed by atoms with Crippen molar-refractivity contribution in [2.45, 2.75) is 38.3 Å². The largest absolute Gasteiger partial charge is 0.458 e. The molecule has 2 aliphatic heterocycles. The summed E-state index contributed by atoms with van der Waals surface area (Å²) in [5.74, 6) is 1.77. The van der Waals surface area contributed by atoms with Crippen LogP contribution < -0.4 is 11.1 Å². The number of nitrogen functional groups attached to an aromatic ring is 1. The van der Waals surface area contributed by atoms with Crippen LogP contribution in [0.3, 0.4) is 0 Å². The van der Waals surface area contributed by atoms with Gasteiger partial charge >= 0.3 is 0 Å². The minimum atomic E-state index is 0.00571. The molecule has 0 bridgehead atoms. The zero-order chi connectivity index (χ0) is 16.5. The lowest BCUT2D eigenvalue weighted by molar-refractivity contribution is 0.00221. The number of hydrogen-bond donors (Lipinski definition) is 2. The predicted octanol–water partition coefficient (Wildman–Crippen LogP) is 2.68. The number of nitriles is 1. The molecule has 1 atom stereocenters. The lowest BCUT2D eigenvalue weighted by Crippen LogP contribution is -2.26. The quantitative estimate of drug-likeness (QED) is 0.881. The van der Waals surface area contributed by atoms with E-state index in [4.69, 9.17) is 14.9 Å². The number of nitrogens with two attached hydrogens (primary N) is 1. The number of anilines is 1. The summed E-state index contributed by atoms with van der Waals surface area (Å²) in [6.07, 6.45) is 4.02. The molecule has 1 fully saturated rings. The molecule has 6 nitrogen and oxygen atoms in total. The summed E-state index contributed by atoms with van der Waals surface area (Å²) < 4.78 is 11.9. The Kier molecular flexibility index (Phi) is 3.97. The molecule has 0 radical (unpaired) electrons. The van der Waals surface area contributed by atoms with Gasteiger partial charge in [0.05, 0.1) is 0 Å². The van der Waals surface area contributed by atoms with Crippen molar-refractivity contribution in [1.82, 2.24) is 10.3 Å². The van der Waals surface area contributed by atoms with E-state index in [0.29, 0.717) is 17.9 Å². The Bertz CT molecular complexity index is 800. The van der Waals surface area contributed by atoms with Crippen LogP contribution in [0.2, 0.25) is 0 Å². The molecule has 2 aliphatic rings. The van der Waals surface area contributed by atoms with E-state index in [-0.39, 0.29) is 11.9 Å². The second-order valence-corrected chi connectivity index (χ2v) is 6.27. The van der Waals surface area contributed by atoms with Gasteiger partial charge in [0.25, 0.3) is 0 Å². The molecule has 0 aromatic carbocycles. The van der Waals surface area contributed by atoms with E-state index in [1.807, 2.05) is 12.1 Å². The molecule has 0 aliphatic carbocycles. The standard InChI is InChI=1S/C18H20N4O2/c19-9-11-17(12-10-21-7-6-13(12)22-18(11)20)16-5-4-15(24-16)14-3-1-2-8-23-14/h4-5,14,21H,1-3,6-8,10H2,(H2,20,22)/t14-/m0/s1. The molecule has 0 spiro atoms. The summed E-state index contributed by atoms with van der Waals surface area (Å²) in [6, 6.07) is 6.06. The van der Waals surface area contributed by atoms with E-state index >= 15 is 0 Å².